The maximum atomic E-state index is 12.9. The highest BCUT2D eigenvalue weighted by Gasteiger charge is 2.26. The van der Waals surface area contributed by atoms with Crippen molar-refractivity contribution in [1.82, 2.24) is 9.80 Å². The number of carbonyl (C=O) groups is 1. The Morgan fingerprint density at radius 1 is 1.21 bits per heavy atom. The molecule has 1 aromatic carbocycles. The highest BCUT2D eigenvalue weighted by atomic mass is 19.1. The number of hydrogen-bond acceptors (Lipinski definition) is 4. The molecule has 24 heavy (non-hydrogen) atoms. The number of amides is 1. The van der Waals surface area contributed by atoms with Crippen LogP contribution in [0.2, 0.25) is 0 Å². The number of halogens is 1. The van der Waals surface area contributed by atoms with E-state index in [1.807, 2.05) is 0 Å². The Morgan fingerprint density at radius 3 is 2.71 bits per heavy atom. The third-order valence-electron chi connectivity index (χ3n) is 4.83. The lowest BCUT2D eigenvalue weighted by Gasteiger charge is -2.40. The maximum absolute atomic E-state index is 12.9. The Balaban J connectivity index is 1.42. The van der Waals surface area contributed by atoms with Gasteiger partial charge in [0, 0.05) is 44.3 Å². The van der Waals surface area contributed by atoms with E-state index in [2.05, 4.69) is 15.1 Å². The molecule has 0 bridgehead atoms. The number of anilines is 1. The first-order chi connectivity index (χ1) is 11.7. The summed E-state index contributed by atoms with van der Waals surface area (Å²) in [6, 6.07) is 6.47. The predicted octanol–water partition coefficient (Wildman–Crippen LogP) is 1.95. The number of piperidine rings is 1. The SMILES string of the molecule is O=C(CCN1CCC[C@H](N2CCOCC2)C1)Nc1ccc(F)cc1. The summed E-state index contributed by atoms with van der Waals surface area (Å²) < 4.78 is 18.3. The van der Waals surface area contributed by atoms with Gasteiger partial charge in [-0.25, -0.2) is 4.39 Å². The van der Waals surface area contributed by atoms with E-state index in [4.69, 9.17) is 4.74 Å². The molecule has 1 amide bonds. The van der Waals surface area contributed by atoms with Crippen LogP contribution in [0, 0.1) is 5.82 Å². The van der Waals surface area contributed by atoms with Gasteiger partial charge in [-0.3, -0.25) is 9.69 Å². The molecule has 2 aliphatic heterocycles. The van der Waals surface area contributed by atoms with Gasteiger partial charge in [-0.2, -0.15) is 0 Å². The summed E-state index contributed by atoms with van der Waals surface area (Å²) in [7, 11) is 0. The van der Waals surface area contributed by atoms with Gasteiger partial charge in [0.05, 0.1) is 13.2 Å². The summed E-state index contributed by atoms with van der Waals surface area (Å²) in [6.45, 7) is 6.56. The van der Waals surface area contributed by atoms with Crippen molar-refractivity contribution in [2.75, 3.05) is 51.3 Å². The van der Waals surface area contributed by atoms with Gasteiger partial charge in [0.25, 0.3) is 0 Å². The Kier molecular flexibility index (Phi) is 6.18. The molecule has 3 rings (SSSR count). The Labute approximate surface area is 142 Å². The van der Waals surface area contributed by atoms with Crippen LogP contribution < -0.4 is 5.32 Å². The molecule has 5 nitrogen and oxygen atoms in total. The van der Waals surface area contributed by atoms with Gasteiger partial charge < -0.3 is 15.0 Å². The van der Waals surface area contributed by atoms with Crippen molar-refractivity contribution in [2.24, 2.45) is 0 Å². The maximum Gasteiger partial charge on any atom is 0.225 e. The van der Waals surface area contributed by atoms with E-state index in [0.717, 1.165) is 45.9 Å². The van der Waals surface area contributed by atoms with Crippen LogP contribution in [0.15, 0.2) is 24.3 Å². The molecule has 1 aromatic rings. The summed E-state index contributed by atoms with van der Waals surface area (Å²) in [6.07, 6.45) is 2.88. The van der Waals surface area contributed by atoms with E-state index in [0.29, 0.717) is 18.2 Å². The van der Waals surface area contributed by atoms with Gasteiger partial charge in [0.15, 0.2) is 0 Å². The Morgan fingerprint density at radius 2 is 1.96 bits per heavy atom. The largest absolute Gasteiger partial charge is 0.379 e. The zero-order valence-electron chi connectivity index (χ0n) is 14.0. The molecule has 2 saturated heterocycles. The highest BCUT2D eigenvalue weighted by molar-refractivity contribution is 5.90. The standard InChI is InChI=1S/C18H26FN3O2/c19-15-3-5-16(6-4-15)20-18(23)7-9-21-8-1-2-17(14-21)22-10-12-24-13-11-22/h3-6,17H,1-2,7-14H2,(H,20,23)/t17-/m0/s1. The molecule has 132 valence electrons. The minimum atomic E-state index is -0.296. The first-order valence-corrected chi connectivity index (χ1v) is 8.80. The zero-order chi connectivity index (χ0) is 16.8. The number of carbonyl (C=O) groups excluding carboxylic acids is 1. The lowest BCUT2D eigenvalue weighted by molar-refractivity contribution is -0.116. The second kappa shape index (κ2) is 8.55. The van der Waals surface area contributed by atoms with Crippen LogP contribution in [0.1, 0.15) is 19.3 Å². The molecule has 2 heterocycles. The lowest BCUT2D eigenvalue weighted by atomic mass is 10.0. The predicted molar refractivity (Wildman–Crippen MR) is 91.5 cm³/mol. The number of rotatable bonds is 5. The quantitative estimate of drug-likeness (QED) is 0.893. The Hall–Kier alpha value is -1.50. The monoisotopic (exact) mass is 335 g/mol. The first-order valence-electron chi connectivity index (χ1n) is 8.80. The summed E-state index contributed by atoms with van der Waals surface area (Å²) >= 11 is 0. The van der Waals surface area contributed by atoms with E-state index in [1.54, 1.807) is 12.1 Å². The molecule has 0 unspecified atom stereocenters. The molecule has 0 spiro atoms. The summed E-state index contributed by atoms with van der Waals surface area (Å²) in [5.41, 5.74) is 0.645. The summed E-state index contributed by atoms with van der Waals surface area (Å²) in [5.74, 6) is -0.314. The van der Waals surface area contributed by atoms with Crippen molar-refractivity contribution in [3.63, 3.8) is 0 Å². The van der Waals surface area contributed by atoms with Crippen molar-refractivity contribution >= 4 is 11.6 Å². The van der Waals surface area contributed by atoms with Gasteiger partial charge >= 0.3 is 0 Å². The average molecular weight is 335 g/mol. The molecule has 0 saturated carbocycles. The fourth-order valence-corrected chi connectivity index (χ4v) is 3.49. The number of benzene rings is 1. The van der Waals surface area contributed by atoms with Gasteiger partial charge in [0.2, 0.25) is 5.91 Å². The van der Waals surface area contributed by atoms with Crippen LogP contribution >= 0.6 is 0 Å². The van der Waals surface area contributed by atoms with Gasteiger partial charge in [0.1, 0.15) is 5.82 Å². The highest BCUT2D eigenvalue weighted by Crippen LogP contribution is 2.17. The van der Waals surface area contributed by atoms with Crippen LogP contribution in [-0.2, 0) is 9.53 Å². The molecular weight excluding hydrogens is 309 g/mol. The molecule has 1 N–H and O–H groups in total. The van der Waals surface area contributed by atoms with Gasteiger partial charge in [-0.15, -0.1) is 0 Å². The van der Waals surface area contributed by atoms with Gasteiger partial charge in [-0.1, -0.05) is 0 Å². The number of likely N-dealkylation sites (tertiary alicyclic amines) is 1. The average Bonchev–Trinajstić information content (AvgIpc) is 2.63. The lowest BCUT2D eigenvalue weighted by Crippen LogP contribution is -2.51. The molecule has 2 fully saturated rings. The van der Waals surface area contributed by atoms with Crippen molar-refractivity contribution in [3.05, 3.63) is 30.1 Å². The van der Waals surface area contributed by atoms with Crippen LogP contribution in [0.4, 0.5) is 10.1 Å². The molecule has 0 aliphatic carbocycles. The molecule has 0 radical (unpaired) electrons. The van der Waals surface area contributed by atoms with E-state index < -0.39 is 0 Å². The molecule has 2 aliphatic rings. The number of hydrogen-bond donors (Lipinski definition) is 1. The second-order valence-corrected chi connectivity index (χ2v) is 6.55. The third kappa shape index (κ3) is 5.00. The fraction of sp³-hybridized carbons (Fsp3) is 0.611. The van der Waals surface area contributed by atoms with Crippen molar-refractivity contribution in [2.45, 2.75) is 25.3 Å². The normalized spacial score (nSPS) is 23.1. The van der Waals surface area contributed by atoms with Gasteiger partial charge in [-0.05, 0) is 43.7 Å². The topological polar surface area (TPSA) is 44.8 Å². The molecule has 6 heteroatoms. The van der Waals surface area contributed by atoms with Crippen LogP contribution in [0.25, 0.3) is 0 Å². The molecule has 0 aromatic heterocycles. The fourth-order valence-electron chi connectivity index (χ4n) is 3.49. The number of nitrogens with zero attached hydrogens (tertiary/aromatic N) is 2. The Bertz CT molecular complexity index is 532. The summed E-state index contributed by atoms with van der Waals surface area (Å²) in [5, 5.41) is 2.82. The van der Waals surface area contributed by atoms with E-state index in [1.165, 1.54) is 25.0 Å². The number of ether oxygens (including phenoxy) is 1. The molecular formula is C18H26FN3O2. The van der Waals surface area contributed by atoms with Crippen molar-refractivity contribution in [1.29, 1.82) is 0 Å². The van der Waals surface area contributed by atoms with Crippen LogP contribution in [-0.4, -0.2) is 67.7 Å². The zero-order valence-corrected chi connectivity index (χ0v) is 14.0. The molecule has 1 atom stereocenters. The minimum Gasteiger partial charge on any atom is -0.379 e. The van der Waals surface area contributed by atoms with Crippen molar-refractivity contribution < 1.29 is 13.9 Å². The number of morpholine rings is 1. The smallest absolute Gasteiger partial charge is 0.225 e. The van der Waals surface area contributed by atoms with E-state index in [9.17, 15) is 9.18 Å². The van der Waals surface area contributed by atoms with Crippen molar-refractivity contribution in [3.8, 4) is 0 Å². The second-order valence-electron chi connectivity index (χ2n) is 6.55. The summed E-state index contributed by atoms with van der Waals surface area (Å²) in [4.78, 5) is 17.0. The van der Waals surface area contributed by atoms with E-state index in [-0.39, 0.29) is 11.7 Å². The van der Waals surface area contributed by atoms with Crippen LogP contribution in [0.3, 0.4) is 0 Å². The van der Waals surface area contributed by atoms with E-state index >= 15 is 0 Å². The minimum absolute atomic E-state index is 0.0184. The number of nitrogens with one attached hydrogen (secondary N) is 1. The third-order valence-corrected chi connectivity index (χ3v) is 4.83. The first kappa shape index (κ1) is 17.3. The van der Waals surface area contributed by atoms with Crippen LogP contribution in [0.5, 0.6) is 0 Å².